The molecular weight excluding hydrogens is 242 g/mol. The molecule has 0 bridgehead atoms. The molecule has 6 heteroatoms. The first-order chi connectivity index (χ1) is 8.54. The van der Waals surface area contributed by atoms with Gasteiger partial charge < -0.3 is 4.74 Å². The minimum atomic E-state index is -1.17. The Morgan fingerprint density at radius 2 is 2.11 bits per heavy atom. The molecule has 0 spiro atoms. The molecule has 0 aliphatic rings. The number of benzene rings is 1. The number of hydrogen-bond acceptors (Lipinski definition) is 3. The molecule has 0 saturated carbocycles. The summed E-state index contributed by atoms with van der Waals surface area (Å²) in [5.74, 6) is -2.57. The lowest BCUT2D eigenvalue weighted by molar-refractivity contribution is 0.102. The number of ether oxygens (including phenoxy) is 1. The molecule has 0 radical (unpaired) electrons. The molecule has 0 N–H and O–H groups in total. The van der Waals surface area contributed by atoms with Crippen molar-refractivity contribution in [2.45, 2.75) is 0 Å². The van der Waals surface area contributed by atoms with Crippen molar-refractivity contribution in [2.75, 3.05) is 7.11 Å². The summed E-state index contributed by atoms with van der Waals surface area (Å²) in [6.07, 6.45) is 0. The maximum Gasteiger partial charge on any atom is 0.216 e. The lowest BCUT2D eigenvalue weighted by atomic mass is 10.1. The average Bonchev–Trinajstić information content (AvgIpc) is 2.73. The molecule has 1 aromatic carbocycles. The van der Waals surface area contributed by atoms with E-state index in [0.29, 0.717) is 5.88 Å². The van der Waals surface area contributed by atoms with Gasteiger partial charge in [0, 0.05) is 13.1 Å². The van der Waals surface area contributed by atoms with Crippen LogP contribution in [0, 0.1) is 11.6 Å². The van der Waals surface area contributed by atoms with Crippen LogP contribution in [0.5, 0.6) is 5.88 Å². The van der Waals surface area contributed by atoms with Crippen LogP contribution in [-0.4, -0.2) is 22.7 Å². The van der Waals surface area contributed by atoms with E-state index in [-0.39, 0.29) is 11.3 Å². The Kier molecular flexibility index (Phi) is 3.10. The molecule has 94 valence electrons. The van der Waals surface area contributed by atoms with Crippen molar-refractivity contribution in [1.29, 1.82) is 0 Å². The fraction of sp³-hybridized carbons (Fsp3) is 0.167. The summed E-state index contributed by atoms with van der Waals surface area (Å²) in [7, 11) is 3.01. The maximum atomic E-state index is 13.5. The van der Waals surface area contributed by atoms with E-state index < -0.39 is 17.4 Å². The number of methoxy groups -OCH3 is 1. The number of carbonyl (C=O) groups excluding carboxylic acids is 1. The molecule has 1 aromatic heterocycles. The first kappa shape index (κ1) is 12.2. The molecule has 0 unspecified atom stereocenters. The average molecular weight is 252 g/mol. The highest BCUT2D eigenvalue weighted by atomic mass is 19.2. The highest BCUT2D eigenvalue weighted by Gasteiger charge is 2.20. The summed E-state index contributed by atoms with van der Waals surface area (Å²) in [6, 6.07) is 4.80. The van der Waals surface area contributed by atoms with Crippen molar-refractivity contribution >= 4 is 5.78 Å². The number of hydrogen-bond donors (Lipinski definition) is 0. The SMILES string of the molecule is COc1cc(C(=O)c2cccc(F)c2F)nn1C. The predicted octanol–water partition coefficient (Wildman–Crippen LogP) is 1.94. The van der Waals surface area contributed by atoms with Crippen molar-refractivity contribution in [1.82, 2.24) is 9.78 Å². The molecule has 0 aliphatic heterocycles. The van der Waals surface area contributed by atoms with Gasteiger partial charge in [0.2, 0.25) is 11.7 Å². The van der Waals surface area contributed by atoms with E-state index in [2.05, 4.69) is 5.10 Å². The van der Waals surface area contributed by atoms with Crippen molar-refractivity contribution < 1.29 is 18.3 Å². The van der Waals surface area contributed by atoms with E-state index in [4.69, 9.17) is 4.74 Å². The van der Waals surface area contributed by atoms with Gasteiger partial charge in [0.25, 0.3) is 0 Å². The van der Waals surface area contributed by atoms with Gasteiger partial charge in [0.05, 0.1) is 12.7 Å². The van der Waals surface area contributed by atoms with Gasteiger partial charge in [0.15, 0.2) is 11.6 Å². The number of nitrogens with zero attached hydrogens (tertiary/aromatic N) is 2. The first-order valence-corrected chi connectivity index (χ1v) is 5.11. The molecule has 0 amide bonds. The van der Waals surface area contributed by atoms with Gasteiger partial charge >= 0.3 is 0 Å². The quantitative estimate of drug-likeness (QED) is 0.784. The largest absolute Gasteiger partial charge is 0.481 e. The van der Waals surface area contributed by atoms with Gasteiger partial charge in [-0.15, -0.1) is 0 Å². The number of rotatable bonds is 3. The van der Waals surface area contributed by atoms with E-state index in [0.717, 1.165) is 6.07 Å². The Hall–Kier alpha value is -2.24. The Morgan fingerprint density at radius 3 is 2.72 bits per heavy atom. The Balaban J connectivity index is 2.44. The molecule has 0 atom stereocenters. The van der Waals surface area contributed by atoms with E-state index in [1.807, 2.05) is 0 Å². The van der Waals surface area contributed by atoms with Gasteiger partial charge in [-0.25, -0.2) is 13.5 Å². The van der Waals surface area contributed by atoms with Crippen LogP contribution < -0.4 is 4.74 Å². The predicted molar refractivity (Wildman–Crippen MR) is 59.6 cm³/mol. The van der Waals surface area contributed by atoms with Gasteiger partial charge in [-0.3, -0.25) is 4.79 Å². The van der Waals surface area contributed by atoms with E-state index >= 15 is 0 Å². The first-order valence-electron chi connectivity index (χ1n) is 5.11. The second kappa shape index (κ2) is 4.56. The van der Waals surface area contributed by atoms with E-state index in [1.165, 1.54) is 30.0 Å². The number of aromatic nitrogens is 2. The monoisotopic (exact) mass is 252 g/mol. The third kappa shape index (κ3) is 1.97. The molecule has 0 saturated heterocycles. The van der Waals surface area contributed by atoms with Crippen LogP contribution in [0.4, 0.5) is 8.78 Å². The molecule has 18 heavy (non-hydrogen) atoms. The minimum absolute atomic E-state index is 0.00106. The molecule has 0 aliphatic carbocycles. The summed E-state index contributed by atoms with van der Waals surface area (Å²) in [5.41, 5.74) is -0.352. The van der Waals surface area contributed by atoms with Gasteiger partial charge in [-0.2, -0.15) is 5.10 Å². The van der Waals surface area contributed by atoms with E-state index in [1.54, 1.807) is 7.05 Å². The number of aryl methyl sites for hydroxylation is 1. The van der Waals surface area contributed by atoms with Crippen molar-refractivity contribution in [2.24, 2.45) is 7.05 Å². The second-order valence-electron chi connectivity index (χ2n) is 3.63. The van der Waals surface area contributed by atoms with Crippen LogP contribution in [0.2, 0.25) is 0 Å². The molecular formula is C12H10F2N2O2. The third-order valence-corrected chi connectivity index (χ3v) is 2.47. The third-order valence-electron chi connectivity index (χ3n) is 2.47. The standard InChI is InChI=1S/C12H10F2N2O2/c1-16-10(18-2)6-9(15-16)12(17)7-4-3-5-8(13)11(7)14/h3-6H,1-2H3. The van der Waals surface area contributed by atoms with Crippen LogP contribution in [0.3, 0.4) is 0 Å². The van der Waals surface area contributed by atoms with Crippen LogP contribution >= 0.6 is 0 Å². The normalized spacial score (nSPS) is 10.4. The lowest BCUT2D eigenvalue weighted by Crippen LogP contribution is -2.07. The topological polar surface area (TPSA) is 44.1 Å². The molecule has 1 heterocycles. The zero-order valence-electron chi connectivity index (χ0n) is 9.78. The Labute approximate surface area is 102 Å². The summed E-state index contributed by atoms with van der Waals surface area (Å²) in [5, 5.41) is 3.88. The minimum Gasteiger partial charge on any atom is -0.481 e. The molecule has 0 fully saturated rings. The van der Waals surface area contributed by atoms with Crippen LogP contribution in [-0.2, 0) is 7.05 Å². The summed E-state index contributed by atoms with van der Waals surface area (Å²) >= 11 is 0. The van der Waals surface area contributed by atoms with Gasteiger partial charge in [-0.1, -0.05) is 6.07 Å². The van der Waals surface area contributed by atoms with Gasteiger partial charge in [0.1, 0.15) is 5.69 Å². The lowest BCUT2D eigenvalue weighted by Gasteiger charge is -2.00. The van der Waals surface area contributed by atoms with Crippen LogP contribution in [0.25, 0.3) is 0 Å². The fourth-order valence-corrected chi connectivity index (χ4v) is 1.57. The zero-order chi connectivity index (χ0) is 13.3. The van der Waals surface area contributed by atoms with Crippen molar-refractivity contribution in [3.63, 3.8) is 0 Å². The summed E-state index contributed by atoms with van der Waals surface area (Å²) in [6.45, 7) is 0. The second-order valence-corrected chi connectivity index (χ2v) is 3.63. The molecule has 2 rings (SSSR count). The summed E-state index contributed by atoms with van der Waals surface area (Å²) in [4.78, 5) is 12.0. The Bertz CT molecular complexity index is 608. The zero-order valence-corrected chi connectivity index (χ0v) is 9.78. The van der Waals surface area contributed by atoms with Crippen molar-refractivity contribution in [3.05, 3.63) is 47.2 Å². The number of ketones is 1. The number of halogens is 2. The van der Waals surface area contributed by atoms with Gasteiger partial charge in [-0.05, 0) is 12.1 Å². The number of carbonyl (C=O) groups is 1. The summed E-state index contributed by atoms with van der Waals surface area (Å²) < 4.78 is 32.8. The smallest absolute Gasteiger partial charge is 0.216 e. The molecule has 2 aromatic rings. The van der Waals surface area contributed by atoms with E-state index in [9.17, 15) is 13.6 Å². The van der Waals surface area contributed by atoms with Crippen LogP contribution in [0.1, 0.15) is 16.1 Å². The highest BCUT2D eigenvalue weighted by molar-refractivity contribution is 6.08. The van der Waals surface area contributed by atoms with Crippen molar-refractivity contribution in [3.8, 4) is 5.88 Å². The van der Waals surface area contributed by atoms with Crippen LogP contribution in [0.15, 0.2) is 24.3 Å². The molecule has 4 nitrogen and oxygen atoms in total. The maximum absolute atomic E-state index is 13.5. The Morgan fingerprint density at radius 1 is 1.39 bits per heavy atom. The fourth-order valence-electron chi connectivity index (χ4n) is 1.57. The highest BCUT2D eigenvalue weighted by Crippen LogP contribution is 2.18.